The molecule has 2 aromatic rings. The maximum Gasteiger partial charge on any atom is 0.140 e. The normalized spacial score (nSPS) is 10.2. The summed E-state index contributed by atoms with van der Waals surface area (Å²) in [6.07, 6.45) is 1.72. The predicted octanol–water partition coefficient (Wildman–Crippen LogP) is 2.74. The summed E-state index contributed by atoms with van der Waals surface area (Å²) in [5.74, 6) is 0.869. The highest BCUT2D eigenvalue weighted by molar-refractivity contribution is 9.10. The Balaban J connectivity index is 2.08. The molecule has 0 atom stereocenters. The average molecular weight is 294 g/mol. The number of nitrogen functional groups attached to an aromatic ring is 1. The molecule has 0 aliphatic carbocycles. The Kier molecular flexibility index (Phi) is 3.49. The van der Waals surface area contributed by atoms with Crippen LogP contribution in [-0.4, -0.2) is 10.1 Å². The van der Waals surface area contributed by atoms with E-state index in [-0.39, 0.29) is 5.75 Å². The minimum absolute atomic E-state index is 0.101. The lowest BCUT2D eigenvalue weighted by Crippen LogP contribution is -2.02. The molecule has 2 rings (SSSR count). The van der Waals surface area contributed by atoms with Crippen LogP contribution in [0.5, 0.6) is 5.75 Å². The molecule has 0 saturated heterocycles. The van der Waals surface area contributed by atoms with Crippen LogP contribution >= 0.6 is 15.9 Å². The molecule has 1 aromatic carbocycles. The van der Waals surface area contributed by atoms with Crippen molar-refractivity contribution in [1.82, 2.24) is 4.98 Å². The monoisotopic (exact) mass is 293 g/mol. The minimum Gasteiger partial charge on any atom is -0.506 e. The highest BCUT2D eigenvalue weighted by Gasteiger charge is 2.01. The maximum atomic E-state index is 9.47. The van der Waals surface area contributed by atoms with Crippen LogP contribution in [0, 0.1) is 0 Å². The van der Waals surface area contributed by atoms with Gasteiger partial charge in [0.25, 0.3) is 0 Å². The molecule has 0 fully saturated rings. The topological polar surface area (TPSA) is 71.2 Å². The number of anilines is 2. The zero-order valence-electron chi connectivity index (χ0n) is 9.02. The van der Waals surface area contributed by atoms with Crippen molar-refractivity contribution in [2.45, 2.75) is 6.54 Å². The summed E-state index contributed by atoms with van der Waals surface area (Å²) in [7, 11) is 0. The molecular formula is C12H12BrN3O. The van der Waals surface area contributed by atoms with Crippen molar-refractivity contribution in [3.8, 4) is 5.75 Å². The van der Waals surface area contributed by atoms with Gasteiger partial charge in [0, 0.05) is 12.7 Å². The van der Waals surface area contributed by atoms with Crippen LogP contribution in [0.4, 0.5) is 11.5 Å². The first-order valence-corrected chi connectivity index (χ1v) is 5.88. The third-order valence-electron chi connectivity index (χ3n) is 2.31. The summed E-state index contributed by atoms with van der Waals surface area (Å²) in [6.45, 7) is 0.573. The number of hydrogen-bond acceptors (Lipinski definition) is 4. The second-order valence-corrected chi connectivity index (χ2v) is 4.43. The summed E-state index contributed by atoms with van der Waals surface area (Å²) < 4.78 is 0.902. The molecule has 0 saturated carbocycles. The number of hydrogen-bond donors (Lipinski definition) is 3. The third-order valence-corrected chi connectivity index (χ3v) is 2.95. The van der Waals surface area contributed by atoms with Gasteiger partial charge in [-0.3, -0.25) is 0 Å². The van der Waals surface area contributed by atoms with E-state index in [1.807, 2.05) is 18.2 Å². The van der Waals surface area contributed by atoms with Crippen LogP contribution in [0.1, 0.15) is 5.56 Å². The first-order chi connectivity index (χ1) is 8.16. The lowest BCUT2D eigenvalue weighted by atomic mass is 10.2. The Bertz CT molecular complexity index is 531. The van der Waals surface area contributed by atoms with E-state index in [1.165, 1.54) is 0 Å². The number of phenolic OH excluding ortho intramolecular Hbond substituents is 1. The molecule has 1 heterocycles. The van der Waals surface area contributed by atoms with Crippen LogP contribution in [0.25, 0.3) is 0 Å². The van der Waals surface area contributed by atoms with E-state index < -0.39 is 0 Å². The second-order valence-electron chi connectivity index (χ2n) is 3.58. The molecule has 0 aliphatic rings. The van der Waals surface area contributed by atoms with Gasteiger partial charge >= 0.3 is 0 Å². The summed E-state index contributed by atoms with van der Waals surface area (Å²) in [6, 6.07) is 8.94. The SMILES string of the molecule is Nc1ccc(CNc2ncccc2Br)cc1O. The molecule has 17 heavy (non-hydrogen) atoms. The molecule has 0 spiro atoms. The van der Waals surface area contributed by atoms with Gasteiger partial charge in [-0.25, -0.2) is 4.98 Å². The molecule has 4 nitrogen and oxygen atoms in total. The fourth-order valence-corrected chi connectivity index (χ4v) is 1.80. The molecule has 0 unspecified atom stereocenters. The van der Waals surface area contributed by atoms with Crippen molar-refractivity contribution in [1.29, 1.82) is 0 Å². The first-order valence-electron chi connectivity index (χ1n) is 5.08. The Hall–Kier alpha value is -1.75. The highest BCUT2D eigenvalue weighted by atomic mass is 79.9. The molecule has 4 N–H and O–H groups in total. The standard InChI is InChI=1S/C12H12BrN3O/c13-9-2-1-5-15-12(9)16-7-8-3-4-10(14)11(17)6-8/h1-6,17H,7,14H2,(H,15,16). The molecule has 0 bridgehead atoms. The fourth-order valence-electron chi connectivity index (χ4n) is 1.40. The molecular weight excluding hydrogens is 282 g/mol. The van der Waals surface area contributed by atoms with Gasteiger partial charge in [0.15, 0.2) is 0 Å². The number of rotatable bonds is 3. The highest BCUT2D eigenvalue weighted by Crippen LogP contribution is 2.22. The second kappa shape index (κ2) is 5.05. The van der Waals surface area contributed by atoms with E-state index in [1.54, 1.807) is 18.3 Å². The lowest BCUT2D eigenvalue weighted by molar-refractivity contribution is 0.477. The zero-order chi connectivity index (χ0) is 12.3. The summed E-state index contributed by atoms with van der Waals surface area (Å²) in [5, 5.41) is 12.6. The molecule has 88 valence electrons. The number of nitrogens with one attached hydrogen (secondary N) is 1. The summed E-state index contributed by atoms with van der Waals surface area (Å²) in [4.78, 5) is 4.19. The number of pyridine rings is 1. The Morgan fingerprint density at radius 1 is 1.35 bits per heavy atom. The predicted molar refractivity (Wildman–Crippen MR) is 71.8 cm³/mol. The van der Waals surface area contributed by atoms with Crippen LogP contribution in [0.3, 0.4) is 0 Å². The van der Waals surface area contributed by atoms with Gasteiger partial charge in [-0.2, -0.15) is 0 Å². The van der Waals surface area contributed by atoms with E-state index >= 15 is 0 Å². The molecule has 0 radical (unpaired) electrons. The Morgan fingerprint density at radius 3 is 2.88 bits per heavy atom. The van der Waals surface area contributed by atoms with Crippen molar-refractivity contribution in [2.24, 2.45) is 0 Å². The van der Waals surface area contributed by atoms with E-state index in [2.05, 4.69) is 26.2 Å². The third kappa shape index (κ3) is 2.88. The Labute approximate surface area is 108 Å². The van der Waals surface area contributed by atoms with Gasteiger partial charge in [-0.15, -0.1) is 0 Å². The molecule has 5 heteroatoms. The number of aromatic hydroxyl groups is 1. The van der Waals surface area contributed by atoms with Gasteiger partial charge in [0.2, 0.25) is 0 Å². The number of halogens is 1. The van der Waals surface area contributed by atoms with Crippen molar-refractivity contribution >= 4 is 27.4 Å². The van der Waals surface area contributed by atoms with Crippen molar-refractivity contribution in [2.75, 3.05) is 11.1 Å². The van der Waals surface area contributed by atoms with Crippen LogP contribution < -0.4 is 11.1 Å². The number of phenols is 1. The average Bonchev–Trinajstić information content (AvgIpc) is 2.32. The quantitative estimate of drug-likeness (QED) is 0.601. The summed E-state index contributed by atoms with van der Waals surface area (Å²) >= 11 is 3.40. The van der Waals surface area contributed by atoms with Gasteiger partial charge in [0.05, 0.1) is 10.2 Å². The number of nitrogens with zero attached hydrogens (tertiary/aromatic N) is 1. The van der Waals surface area contributed by atoms with Crippen molar-refractivity contribution in [3.05, 3.63) is 46.6 Å². The van der Waals surface area contributed by atoms with Crippen LogP contribution in [-0.2, 0) is 6.54 Å². The maximum absolute atomic E-state index is 9.47. The number of nitrogens with two attached hydrogens (primary N) is 1. The summed E-state index contributed by atoms with van der Waals surface area (Å²) in [5.41, 5.74) is 6.85. The van der Waals surface area contributed by atoms with Gasteiger partial charge < -0.3 is 16.2 Å². The molecule has 0 aliphatic heterocycles. The number of benzene rings is 1. The van der Waals surface area contributed by atoms with E-state index in [9.17, 15) is 5.11 Å². The smallest absolute Gasteiger partial charge is 0.140 e. The van der Waals surface area contributed by atoms with E-state index in [4.69, 9.17) is 5.73 Å². The number of aromatic nitrogens is 1. The van der Waals surface area contributed by atoms with Crippen molar-refractivity contribution < 1.29 is 5.11 Å². The van der Waals surface area contributed by atoms with Gasteiger partial charge in [-0.1, -0.05) is 6.07 Å². The fraction of sp³-hybridized carbons (Fsp3) is 0.0833. The molecule has 1 aromatic heterocycles. The lowest BCUT2D eigenvalue weighted by Gasteiger charge is -2.08. The first kappa shape index (κ1) is 11.7. The zero-order valence-corrected chi connectivity index (χ0v) is 10.6. The van der Waals surface area contributed by atoms with Crippen molar-refractivity contribution in [3.63, 3.8) is 0 Å². The largest absolute Gasteiger partial charge is 0.506 e. The van der Waals surface area contributed by atoms with Crippen LogP contribution in [0.15, 0.2) is 41.0 Å². The van der Waals surface area contributed by atoms with E-state index in [0.29, 0.717) is 12.2 Å². The van der Waals surface area contributed by atoms with Crippen LogP contribution in [0.2, 0.25) is 0 Å². The van der Waals surface area contributed by atoms with E-state index in [0.717, 1.165) is 15.9 Å². The minimum atomic E-state index is 0.101. The van der Waals surface area contributed by atoms with Gasteiger partial charge in [0.1, 0.15) is 11.6 Å². The molecule has 0 amide bonds. The Morgan fingerprint density at radius 2 is 2.18 bits per heavy atom. The van der Waals surface area contributed by atoms with Gasteiger partial charge in [-0.05, 0) is 45.8 Å².